The molecule has 0 aliphatic carbocycles. The molecule has 1 unspecified atom stereocenters. The van der Waals surface area contributed by atoms with Crippen LogP contribution in [0.1, 0.15) is 26.7 Å². The van der Waals surface area contributed by atoms with Crippen LogP contribution in [-0.4, -0.2) is 30.5 Å². The number of nitrogens with zero attached hydrogens (tertiary/aromatic N) is 1. The third kappa shape index (κ3) is 7.75. The van der Waals surface area contributed by atoms with Crippen molar-refractivity contribution < 1.29 is 4.79 Å². The average Bonchev–Trinajstić information content (AvgIpc) is 2.10. The molecule has 15 heavy (non-hydrogen) atoms. The first-order valence-corrected chi connectivity index (χ1v) is 5.04. The summed E-state index contributed by atoms with van der Waals surface area (Å²) in [7, 11) is 0. The molecule has 7 N–H and O–H groups in total. The van der Waals surface area contributed by atoms with Gasteiger partial charge >= 0.3 is 0 Å². The Balaban J connectivity index is 3.69. The normalized spacial score (nSPS) is 12.3. The molecule has 88 valence electrons. The van der Waals surface area contributed by atoms with Crippen molar-refractivity contribution in [3.8, 4) is 0 Å². The van der Waals surface area contributed by atoms with Gasteiger partial charge in [-0.15, -0.1) is 0 Å². The number of amides is 1. The van der Waals surface area contributed by atoms with Crippen LogP contribution >= 0.6 is 0 Å². The molecule has 0 bridgehead atoms. The van der Waals surface area contributed by atoms with Crippen molar-refractivity contribution in [2.24, 2.45) is 22.2 Å². The number of nitrogens with one attached hydrogen (secondary N) is 1. The van der Waals surface area contributed by atoms with Gasteiger partial charge in [-0.3, -0.25) is 9.79 Å². The van der Waals surface area contributed by atoms with E-state index in [1.54, 1.807) is 0 Å². The Labute approximate surface area is 90.3 Å². The number of nitrogens with two attached hydrogens (primary N) is 3. The number of hydrogen-bond donors (Lipinski definition) is 4. The monoisotopic (exact) mass is 215 g/mol. The molecule has 0 fully saturated rings. The van der Waals surface area contributed by atoms with Gasteiger partial charge in [-0.05, 0) is 26.7 Å². The zero-order valence-electron chi connectivity index (χ0n) is 9.36. The minimum atomic E-state index is -0.485. The molecule has 6 heteroatoms. The summed E-state index contributed by atoms with van der Waals surface area (Å²) < 4.78 is 0. The maximum absolute atomic E-state index is 11.4. The summed E-state index contributed by atoms with van der Waals surface area (Å²) in [4.78, 5) is 15.2. The standard InChI is InChI=1S/C9H21N5O/c1-6(2)14-8(15)7(10)4-3-5-13-9(11)12/h6-7H,3-5,10H2,1-2H3,(H,14,15)(H4,11,12,13). The molecule has 0 aromatic carbocycles. The number of carbonyl (C=O) groups excluding carboxylic acids is 1. The Hall–Kier alpha value is -1.30. The molecular formula is C9H21N5O. The van der Waals surface area contributed by atoms with Gasteiger partial charge < -0.3 is 22.5 Å². The summed E-state index contributed by atoms with van der Waals surface area (Å²) in [5, 5.41) is 2.74. The van der Waals surface area contributed by atoms with E-state index in [1.807, 2.05) is 13.8 Å². The van der Waals surface area contributed by atoms with Gasteiger partial charge in [0.05, 0.1) is 6.04 Å². The molecule has 0 radical (unpaired) electrons. The Morgan fingerprint density at radius 2 is 2.00 bits per heavy atom. The minimum Gasteiger partial charge on any atom is -0.370 e. The largest absolute Gasteiger partial charge is 0.370 e. The first-order valence-electron chi connectivity index (χ1n) is 5.04. The van der Waals surface area contributed by atoms with E-state index in [2.05, 4.69) is 10.3 Å². The van der Waals surface area contributed by atoms with E-state index < -0.39 is 6.04 Å². The van der Waals surface area contributed by atoms with E-state index in [0.29, 0.717) is 19.4 Å². The third-order valence-electron chi connectivity index (χ3n) is 1.74. The van der Waals surface area contributed by atoms with E-state index in [-0.39, 0.29) is 17.9 Å². The van der Waals surface area contributed by atoms with Gasteiger partial charge in [0.25, 0.3) is 0 Å². The Bertz CT molecular complexity index is 223. The molecule has 0 aliphatic rings. The maximum atomic E-state index is 11.4. The van der Waals surface area contributed by atoms with Gasteiger partial charge in [0, 0.05) is 12.6 Å². The zero-order valence-corrected chi connectivity index (χ0v) is 9.36. The highest BCUT2D eigenvalue weighted by atomic mass is 16.2. The van der Waals surface area contributed by atoms with Crippen molar-refractivity contribution in [3.05, 3.63) is 0 Å². The van der Waals surface area contributed by atoms with Crippen molar-refractivity contribution in [2.45, 2.75) is 38.8 Å². The van der Waals surface area contributed by atoms with Crippen LogP contribution in [-0.2, 0) is 4.79 Å². The highest BCUT2D eigenvalue weighted by Crippen LogP contribution is 1.95. The molecule has 0 aliphatic heterocycles. The second-order valence-electron chi connectivity index (χ2n) is 3.72. The molecule has 0 aromatic heterocycles. The fraction of sp³-hybridized carbons (Fsp3) is 0.778. The van der Waals surface area contributed by atoms with Gasteiger partial charge in [0.1, 0.15) is 0 Å². The second kappa shape index (κ2) is 7.05. The summed E-state index contributed by atoms with van der Waals surface area (Å²) in [5.41, 5.74) is 16.0. The minimum absolute atomic E-state index is 0.0650. The van der Waals surface area contributed by atoms with Crippen LogP contribution in [0.25, 0.3) is 0 Å². The van der Waals surface area contributed by atoms with Crippen molar-refractivity contribution >= 4 is 11.9 Å². The van der Waals surface area contributed by atoms with Crippen LogP contribution in [0.2, 0.25) is 0 Å². The van der Waals surface area contributed by atoms with Crippen molar-refractivity contribution in [1.29, 1.82) is 0 Å². The topological polar surface area (TPSA) is 120 Å². The zero-order chi connectivity index (χ0) is 11.8. The van der Waals surface area contributed by atoms with E-state index in [1.165, 1.54) is 0 Å². The molecule has 0 saturated carbocycles. The van der Waals surface area contributed by atoms with Crippen LogP contribution in [0.15, 0.2) is 4.99 Å². The molecule has 1 amide bonds. The Kier molecular flexibility index (Phi) is 6.44. The van der Waals surface area contributed by atoms with E-state index in [4.69, 9.17) is 17.2 Å². The maximum Gasteiger partial charge on any atom is 0.237 e. The van der Waals surface area contributed by atoms with Crippen LogP contribution in [0.5, 0.6) is 0 Å². The Morgan fingerprint density at radius 3 is 2.47 bits per heavy atom. The Morgan fingerprint density at radius 1 is 1.40 bits per heavy atom. The third-order valence-corrected chi connectivity index (χ3v) is 1.74. The number of guanidine groups is 1. The summed E-state index contributed by atoms with van der Waals surface area (Å²) in [6.45, 7) is 4.29. The number of hydrogen-bond acceptors (Lipinski definition) is 3. The smallest absolute Gasteiger partial charge is 0.237 e. The lowest BCUT2D eigenvalue weighted by molar-refractivity contribution is -0.123. The van der Waals surface area contributed by atoms with Crippen LogP contribution in [0.4, 0.5) is 0 Å². The molecule has 0 saturated heterocycles. The van der Waals surface area contributed by atoms with Gasteiger partial charge in [0.2, 0.25) is 5.91 Å². The molecule has 0 rings (SSSR count). The van der Waals surface area contributed by atoms with Crippen molar-refractivity contribution in [2.75, 3.05) is 6.54 Å². The van der Waals surface area contributed by atoms with Gasteiger partial charge in [0.15, 0.2) is 5.96 Å². The summed E-state index contributed by atoms with van der Waals surface area (Å²) >= 11 is 0. The van der Waals surface area contributed by atoms with Gasteiger partial charge in [-0.25, -0.2) is 0 Å². The van der Waals surface area contributed by atoms with E-state index >= 15 is 0 Å². The molecule has 6 nitrogen and oxygen atoms in total. The molecule has 1 atom stereocenters. The van der Waals surface area contributed by atoms with Gasteiger partial charge in [-0.2, -0.15) is 0 Å². The van der Waals surface area contributed by atoms with E-state index in [0.717, 1.165) is 0 Å². The lowest BCUT2D eigenvalue weighted by Gasteiger charge is -2.13. The quantitative estimate of drug-likeness (QED) is 0.255. The number of aliphatic imine (C=N–C) groups is 1. The van der Waals surface area contributed by atoms with Gasteiger partial charge in [-0.1, -0.05) is 0 Å². The van der Waals surface area contributed by atoms with Crippen molar-refractivity contribution in [3.63, 3.8) is 0 Å². The fourth-order valence-corrected chi connectivity index (χ4v) is 1.04. The van der Waals surface area contributed by atoms with E-state index in [9.17, 15) is 4.79 Å². The highest BCUT2D eigenvalue weighted by molar-refractivity contribution is 5.81. The SMILES string of the molecule is CC(C)NC(=O)C(N)CCCN=C(N)N. The average molecular weight is 215 g/mol. The molecular weight excluding hydrogens is 194 g/mol. The lowest BCUT2D eigenvalue weighted by Crippen LogP contribution is -2.43. The summed E-state index contributed by atoms with van der Waals surface area (Å²) in [5.74, 6) is -0.0649. The van der Waals surface area contributed by atoms with Crippen LogP contribution in [0.3, 0.4) is 0 Å². The number of carbonyl (C=O) groups is 1. The predicted molar refractivity (Wildman–Crippen MR) is 61.2 cm³/mol. The highest BCUT2D eigenvalue weighted by Gasteiger charge is 2.12. The van der Waals surface area contributed by atoms with Crippen LogP contribution < -0.4 is 22.5 Å². The fourth-order valence-electron chi connectivity index (χ4n) is 1.04. The van der Waals surface area contributed by atoms with Crippen LogP contribution in [0, 0.1) is 0 Å². The molecule has 0 aromatic rings. The predicted octanol–water partition coefficient (Wildman–Crippen LogP) is -1.11. The summed E-state index contributed by atoms with van der Waals surface area (Å²) in [6.07, 6.45) is 1.28. The second-order valence-corrected chi connectivity index (χ2v) is 3.72. The lowest BCUT2D eigenvalue weighted by atomic mass is 10.1. The molecule has 0 spiro atoms. The number of rotatable bonds is 6. The first kappa shape index (κ1) is 13.7. The first-order chi connectivity index (χ1) is 6.93. The molecule has 0 heterocycles. The summed E-state index contributed by atoms with van der Waals surface area (Å²) in [6, 6.07) is -0.372. The van der Waals surface area contributed by atoms with Crippen molar-refractivity contribution in [1.82, 2.24) is 5.32 Å².